The topological polar surface area (TPSA) is 103 Å². The van der Waals surface area contributed by atoms with Gasteiger partial charge >= 0.3 is 0 Å². The summed E-state index contributed by atoms with van der Waals surface area (Å²) in [7, 11) is 0. The first kappa shape index (κ1) is 18.7. The Morgan fingerprint density at radius 3 is 2.72 bits per heavy atom. The van der Waals surface area contributed by atoms with Crippen LogP contribution in [0.5, 0.6) is 5.75 Å². The lowest BCUT2D eigenvalue weighted by Gasteiger charge is -2.13. The van der Waals surface area contributed by atoms with E-state index in [2.05, 4.69) is 42.6 Å². The summed E-state index contributed by atoms with van der Waals surface area (Å²) in [6, 6.07) is 9.84. The normalized spacial score (nSPS) is 14.2. The van der Waals surface area contributed by atoms with Gasteiger partial charge < -0.3 is 15.4 Å². The molecule has 6 rings (SSSR count). The summed E-state index contributed by atoms with van der Waals surface area (Å²) in [6.07, 6.45) is 6.59. The Bertz CT molecular complexity index is 1500. The number of benzene rings is 1. The molecule has 0 fully saturated rings. The van der Waals surface area contributed by atoms with Crippen LogP contribution in [0.4, 0.5) is 4.39 Å². The summed E-state index contributed by atoms with van der Waals surface area (Å²) in [6.45, 7) is 1.79. The van der Waals surface area contributed by atoms with E-state index in [0.29, 0.717) is 11.3 Å². The van der Waals surface area contributed by atoms with Gasteiger partial charge in [-0.2, -0.15) is 5.10 Å². The number of nitrogens with one attached hydrogen (secondary N) is 3. The molecule has 0 saturated carbocycles. The maximum atomic E-state index is 13.9. The quantitative estimate of drug-likeness (QED) is 0.343. The van der Waals surface area contributed by atoms with E-state index < -0.39 is 5.82 Å². The lowest BCUT2D eigenvalue weighted by atomic mass is 10.0. The number of aromatic nitrogens is 5. The summed E-state index contributed by atoms with van der Waals surface area (Å²) in [4.78, 5) is 12.5. The molecule has 1 aromatic carbocycles. The van der Waals surface area contributed by atoms with Crippen LogP contribution in [0.15, 0.2) is 54.9 Å². The highest BCUT2D eigenvalue weighted by Crippen LogP contribution is 2.34. The van der Waals surface area contributed by atoms with Crippen LogP contribution in [-0.2, 0) is 0 Å². The van der Waals surface area contributed by atoms with Crippen LogP contribution in [0.3, 0.4) is 0 Å². The van der Waals surface area contributed by atoms with Crippen molar-refractivity contribution in [2.75, 3.05) is 13.1 Å². The molecule has 0 bridgehead atoms. The van der Waals surface area contributed by atoms with E-state index in [-0.39, 0.29) is 5.75 Å². The molecule has 0 amide bonds. The van der Waals surface area contributed by atoms with E-state index in [0.717, 1.165) is 64.5 Å². The van der Waals surface area contributed by atoms with Gasteiger partial charge in [-0.15, -0.1) is 0 Å². The number of aromatic amines is 2. The molecule has 0 spiro atoms. The third-order valence-corrected chi connectivity index (χ3v) is 5.80. The van der Waals surface area contributed by atoms with Crippen molar-refractivity contribution in [3.8, 4) is 28.4 Å². The molecule has 32 heavy (non-hydrogen) atoms. The monoisotopic (exact) mass is 426 g/mol. The Balaban J connectivity index is 1.49. The molecule has 4 N–H and O–H groups in total. The fraction of sp³-hybridized carbons (Fsp3) is 0.125. The Morgan fingerprint density at radius 2 is 1.88 bits per heavy atom. The molecule has 0 aliphatic carbocycles. The average molecular weight is 426 g/mol. The molecule has 158 valence electrons. The predicted molar refractivity (Wildman–Crippen MR) is 121 cm³/mol. The molecule has 8 heteroatoms. The molecule has 0 atom stereocenters. The van der Waals surface area contributed by atoms with E-state index in [1.54, 1.807) is 6.20 Å². The van der Waals surface area contributed by atoms with Gasteiger partial charge in [0.15, 0.2) is 0 Å². The van der Waals surface area contributed by atoms with Crippen molar-refractivity contribution in [3.63, 3.8) is 0 Å². The van der Waals surface area contributed by atoms with E-state index >= 15 is 0 Å². The summed E-state index contributed by atoms with van der Waals surface area (Å²) in [5.41, 5.74) is 6.57. The van der Waals surface area contributed by atoms with Crippen LogP contribution in [0, 0.1) is 5.82 Å². The van der Waals surface area contributed by atoms with Gasteiger partial charge in [0.25, 0.3) is 0 Å². The minimum absolute atomic E-state index is 0.139. The fourth-order valence-electron chi connectivity index (χ4n) is 4.28. The number of nitrogens with zero attached hydrogens (tertiary/aromatic N) is 3. The molecular formula is C24H19FN6O. The number of hydrogen-bond donors (Lipinski definition) is 4. The van der Waals surface area contributed by atoms with E-state index in [4.69, 9.17) is 0 Å². The van der Waals surface area contributed by atoms with Crippen molar-refractivity contribution in [3.05, 3.63) is 66.4 Å². The first-order valence-corrected chi connectivity index (χ1v) is 10.4. The summed E-state index contributed by atoms with van der Waals surface area (Å²) in [5, 5.41) is 22.5. The summed E-state index contributed by atoms with van der Waals surface area (Å²) >= 11 is 0. The van der Waals surface area contributed by atoms with Crippen LogP contribution in [0.1, 0.15) is 12.1 Å². The third-order valence-electron chi connectivity index (χ3n) is 5.80. The molecule has 1 aliphatic heterocycles. The smallest absolute Gasteiger partial charge is 0.127 e. The Labute approximate surface area is 182 Å². The van der Waals surface area contributed by atoms with Crippen molar-refractivity contribution in [2.45, 2.75) is 6.42 Å². The number of phenols is 1. The molecule has 5 heterocycles. The molecule has 0 saturated heterocycles. The standard InChI is InChI=1S/C24H19FN6O/c25-15-7-14(8-16(32)9-15)23-17-11-21(29-19(17)3-6-27-23)24-18-10-20(13-1-4-26-5-2-13)28-12-22(18)30-31-24/h1,3,6-12,26,29,32H,2,4-5H2,(H,30,31). The number of hydrogen-bond acceptors (Lipinski definition) is 5. The number of H-pyrrole nitrogens is 2. The highest BCUT2D eigenvalue weighted by Gasteiger charge is 2.16. The van der Waals surface area contributed by atoms with Gasteiger partial charge in [0.2, 0.25) is 0 Å². The number of halogens is 1. The van der Waals surface area contributed by atoms with Gasteiger partial charge in [0, 0.05) is 40.7 Å². The Morgan fingerprint density at radius 1 is 0.969 bits per heavy atom. The SMILES string of the molecule is Oc1cc(F)cc(-c2nccc3[nH]c(-c4n[nH]c5cnc(C6=CCNCC6)cc45)cc23)c1. The number of phenolic OH excluding ortho intramolecular Hbond substituents is 1. The van der Waals surface area contributed by atoms with Crippen molar-refractivity contribution in [1.29, 1.82) is 0 Å². The Hall–Kier alpha value is -4.04. The van der Waals surface area contributed by atoms with Crippen molar-refractivity contribution >= 4 is 27.4 Å². The van der Waals surface area contributed by atoms with Crippen LogP contribution >= 0.6 is 0 Å². The van der Waals surface area contributed by atoms with Gasteiger partial charge in [0.1, 0.15) is 17.3 Å². The molecule has 5 aromatic rings. The maximum absolute atomic E-state index is 13.9. The van der Waals surface area contributed by atoms with Gasteiger partial charge in [-0.25, -0.2) is 4.39 Å². The zero-order valence-electron chi connectivity index (χ0n) is 17.0. The van der Waals surface area contributed by atoms with Crippen molar-refractivity contribution in [2.24, 2.45) is 0 Å². The van der Waals surface area contributed by atoms with Gasteiger partial charge in [-0.3, -0.25) is 15.1 Å². The van der Waals surface area contributed by atoms with Gasteiger partial charge in [0.05, 0.1) is 28.8 Å². The number of pyridine rings is 2. The second-order valence-corrected chi connectivity index (χ2v) is 7.87. The highest BCUT2D eigenvalue weighted by atomic mass is 19.1. The van der Waals surface area contributed by atoms with Crippen molar-refractivity contribution in [1.82, 2.24) is 30.5 Å². The summed E-state index contributed by atoms with van der Waals surface area (Å²) in [5.74, 6) is -0.653. The number of rotatable bonds is 3. The largest absolute Gasteiger partial charge is 0.508 e. The first-order chi connectivity index (χ1) is 15.7. The molecule has 1 aliphatic rings. The van der Waals surface area contributed by atoms with Crippen LogP contribution < -0.4 is 5.32 Å². The second-order valence-electron chi connectivity index (χ2n) is 7.87. The lowest BCUT2D eigenvalue weighted by Crippen LogP contribution is -2.20. The van der Waals surface area contributed by atoms with E-state index in [9.17, 15) is 9.50 Å². The lowest BCUT2D eigenvalue weighted by molar-refractivity contribution is 0.469. The van der Waals surface area contributed by atoms with Crippen LogP contribution in [0.2, 0.25) is 0 Å². The van der Waals surface area contributed by atoms with Crippen LogP contribution in [-0.4, -0.2) is 43.3 Å². The molecule has 0 radical (unpaired) electrons. The first-order valence-electron chi connectivity index (χ1n) is 10.4. The number of aromatic hydroxyl groups is 1. The van der Waals surface area contributed by atoms with Crippen LogP contribution in [0.25, 0.3) is 50.0 Å². The molecule has 7 nitrogen and oxygen atoms in total. The average Bonchev–Trinajstić information content (AvgIpc) is 3.42. The highest BCUT2D eigenvalue weighted by molar-refractivity contribution is 6.00. The van der Waals surface area contributed by atoms with E-state index in [1.165, 1.54) is 17.7 Å². The molecule has 0 unspecified atom stereocenters. The third kappa shape index (κ3) is 3.12. The summed E-state index contributed by atoms with van der Waals surface area (Å²) < 4.78 is 13.9. The minimum Gasteiger partial charge on any atom is -0.508 e. The molecule has 4 aromatic heterocycles. The van der Waals surface area contributed by atoms with Gasteiger partial charge in [-0.05, 0) is 48.9 Å². The van der Waals surface area contributed by atoms with Gasteiger partial charge in [-0.1, -0.05) is 6.08 Å². The van der Waals surface area contributed by atoms with E-state index in [1.807, 2.05) is 18.3 Å². The number of fused-ring (bicyclic) bond motifs is 2. The second kappa shape index (κ2) is 7.28. The predicted octanol–water partition coefficient (Wildman–Crippen LogP) is 4.39. The zero-order valence-corrected chi connectivity index (χ0v) is 17.0. The van der Waals surface area contributed by atoms with Crippen molar-refractivity contribution < 1.29 is 9.50 Å². The minimum atomic E-state index is -0.514. The molecular weight excluding hydrogens is 407 g/mol. The zero-order chi connectivity index (χ0) is 21.7. The Kier molecular flexibility index (Phi) is 4.26. The maximum Gasteiger partial charge on any atom is 0.127 e. The fourth-order valence-corrected chi connectivity index (χ4v) is 4.28.